The van der Waals surface area contributed by atoms with Gasteiger partial charge in [0.2, 0.25) is 0 Å². The first-order valence-corrected chi connectivity index (χ1v) is 6.88. The summed E-state index contributed by atoms with van der Waals surface area (Å²) in [5, 5.41) is 10.4. The fourth-order valence-electron chi connectivity index (χ4n) is 2.52. The molecule has 0 bridgehead atoms. The maximum absolute atomic E-state index is 11.5. The van der Waals surface area contributed by atoms with Crippen molar-refractivity contribution in [2.75, 3.05) is 0 Å². The van der Waals surface area contributed by atoms with Crippen molar-refractivity contribution in [3.8, 4) is 0 Å². The number of nitrogens with zero attached hydrogens (tertiary/aromatic N) is 1. The van der Waals surface area contributed by atoms with Crippen LogP contribution in [0.1, 0.15) is 22.8 Å². The molecule has 0 amide bonds. The van der Waals surface area contributed by atoms with Crippen LogP contribution in [0.3, 0.4) is 0 Å². The molecule has 4 nitrogen and oxygen atoms in total. The molecule has 3 rings (SSSR count). The number of oxazole rings is 1. The number of rotatable bonds is 3. The van der Waals surface area contributed by atoms with Crippen LogP contribution in [0.25, 0.3) is 11.1 Å². The summed E-state index contributed by atoms with van der Waals surface area (Å²) in [7, 11) is 1.66. The van der Waals surface area contributed by atoms with Gasteiger partial charge in [-0.2, -0.15) is 0 Å². The zero-order valence-corrected chi connectivity index (χ0v) is 12.0. The number of hydrogen-bond donors (Lipinski definition) is 1. The van der Waals surface area contributed by atoms with Crippen molar-refractivity contribution in [1.29, 1.82) is 0 Å². The Morgan fingerprint density at radius 1 is 1.24 bits per heavy atom. The van der Waals surface area contributed by atoms with Crippen LogP contribution in [0, 0.1) is 6.92 Å². The maximum Gasteiger partial charge on any atom is 0.419 e. The van der Waals surface area contributed by atoms with Crippen LogP contribution >= 0.6 is 0 Å². The Hall–Kier alpha value is -2.33. The lowest BCUT2D eigenvalue weighted by molar-refractivity contribution is 0.178. The minimum Gasteiger partial charge on any atom is -0.408 e. The quantitative estimate of drug-likeness (QED) is 0.804. The fourth-order valence-corrected chi connectivity index (χ4v) is 2.52. The van der Waals surface area contributed by atoms with Crippen molar-refractivity contribution in [1.82, 2.24) is 4.57 Å². The molecule has 108 valence electrons. The number of fused-ring (bicyclic) bond motifs is 1. The highest BCUT2D eigenvalue weighted by molar-refractivity contribution is 5.73. The van der Waals surface area contributed by atoms with Gasteiger partial charge in [-0.05, 0) is 35.7 Å². The zero-order chi connectivity index (χ0) is 15.0. The molecule has 0 saturated heterocycles. The van der Waals surface area contributed by atoms with E-state index >= 15 is 0 Å². The van der Waals surface area contributed by atoms with Crippen molar-refractivity contribution in [2.45, 2.75) is 19.4 Å². The monoisotopic (exact) mass is 283 g/mol. The van der Waals surface area contributed by atoms with E-state index in [-0.39, 0.29) is 0 Å². The third kappa shape index (κ3) is 2.50. The Kier molecular flexibility index (Phi) is 3.39. The number of aliphatic hydroxyl groups is 1. The first-order chi connectivity index (χ1) is 10.1. The highest BCUT2D eigenvalue weighted by atomic mass is 16.4. The van der Waals surface area contributed by atoms with E-state index in [4.69, 9.17) is 4.42 Å². The third-order valence-corrected chi connectivity index (χ3v) is 3.88. The second-order valence-electron chi connectivity index (χ2n) is 5.30. The van der Waals surface area contributed by atoms with E-state index in [1.807, 2.05) is 37.3 Å². The van der Waals surface area contributed by atoms with Crippen LogP contribution < -0.4 is 5.76 Å². The van der Waals surface area contributed by atoms with Gasteiger partial charge in [-0.3, -0.25) is 4.57 Å². The summed E-state index contributed by atoms with van der Waals surface area (Å²) >= 11 is 0. The molecule has 0 fully saturated rings. The van der Waals surface area contributed by atoms with Crippen LogP contribution in [-0.2, 0) is 13.5 Å². The van der Waals surface area contributed by atoms with Crippen molar-refractivity contribution >= 4 is 11.1 Å². The molecule has 2 aromatic carbocycles. The van der Waals surface area contributed by atoms with E-state index in [0.717, 1.165) is 22.2 Å². The minimum absolute atomic E-state index is 0.393. The van der Waals surface area contributed by atoms with Gasteiger partial charge in [0, 0.05) is 13.5 Å². The van der Waals surface area contributed by atoms with Gasteiger partial charge in [0.15, 0.2) is 5.58 Å². The summed E-state index contributed by atoms with van der Waals surface area (Å²) in [5.41, 5.74) is 4.25. The van der Waals surface area contributed by atoms with Crippen LogP contribution in [0.5, 0.6) is 0 Å². The lowest BCUT2D eigenvalue weighted by Crippen LogP contribution is -2.08. The molecule has 3 aromatic rings. The van der Waals surface area contributed by atoms with E-state index in [0.29, 0.717) is 12.0 Å². The molecule has 1 N–H and O–H groups in total. The lowest BCUT2D eigenvalue weighted by atomic mass is 9.98. The summed E-state index contributed by atoms with van der Waals surface area (Å²) in [6.45, 7) is 2.03. The summed E-state index contributed by atoms with van der Waals surface area (Å²) in [4.78, 5) is 11.5. The molecule has 21 heavy (non-hydrogen) atoms. The standard InChI is InChI=1S/C17H17NO3/c1-11-5-3-4-6-12(11)9-15(19)13-7-8-14-16(10-13)21-17(20)18(14)2/h3-8,10,15,19H,9H2,1-2H3. The second-order valence-corrected chi connectivity index (χ2v) is 5.30. The average Bonchev–Trinajstić information content (AvgIpc) is 2.76. The number of benzene rings is 2. The summed E-state index contributed by atoms with van der Waals surface area (Å²) in [6.07, 6.45) is -0.0871. The molecule has 0 radical (unpaired) electrons. The predicted molar refractivity (Wildman–Crippen MR) is 81.3 cm³/mol. The number of hydrogen-bond acceptors (Lipinski definition) is 3. The molecular weight excluding hydrogens is 266 g/mol. The predicted octanol–water partition coefficient (Wildman–Crippen LogP) is 2.72. The van der Waals surface area contributed by atoms with Gasteiger partial charge in [-0.15, -0.1) is 0 Å². The number of aliphatic hydroxyl groups excluding tert-OH is 1. The first-order valence-electron chi connectivity index (χ1n) is 6.88. The third-order valence-electron chi connectivity index (χ3n) is 3.88. The van der Waals surface area contributed by atoms with E-state index in [2.05, 4.69) is 0 Å². The summed E-state index contributed by atoms with van der Waals surface area (Å²) in [6, 6.07) is 13.4. The van der Waals surface area contributed by atoms with Gasteiger partial charge in [0.1, 0.15) is 0 Å². The van der Waals surface area contributed by atoms with Crippen LogP contribution in [0.15, 0.2) is 51.7 Å². The second kappa shape index (κ2) is 5.22. The topological polar surface area (TPSA) is 55.4 Å². The SMILES string of the molecule is Cc1ccccc1CC(O)c1ccc2c(c1)oc(=O)n2C. The van der Waals surface area contributed by atoms with Crippen molar-refractivity contribution in [2.24, 2.45) is 7.05 Å². The van der Waals surface area contributed by atoms with E-state index in [1.54, 1.807) is 19.2 Å². The Balaban J connectivity index is 1.93. The molecule has 0 saturated carbocycles. The van der Waals surface area contributed by atoms with Gasteiger partial charge in [-0.25, -0.2) is 4.79 Å². The maximum atomic E-state index is 11.5. The molecule has 1 atom stereocenters. The van der Waals surface area contributed by atoms with E-state index in [1.165, 1.54) is 4.57 Å². The summed E-state index contributed by atoms with van der Waals surface area (Å²) in [5.74, 6) is -0.393. The van der Waals surface area contributed by atoms with Gasteiger partial charge in [0.25, 0.3) is 0 Å². The van der Waals surface area contributed by atoms with Gasteiger partial charge in [-0.1, -0.05) is 30.3 Å². The highest BCUT2D eigenvalue weighted by Crippen LogP contribution is 2.23. The average molecular weight is 283 g/mol. The molecule has 0 aliphatic carbocycles. The minimum atomic E-state index is -0.624. The first kappa shape index (κ1) is 13.6. The lowest BCUT2D eigenvalue weighted by Gasteiger charge is -2.12. The number of aryl methyl sites for hydroxylation is 2. The van der Waals surface area contributed by atoms with Crippen LogP contribution in [-0.4, -0.2) is 9.67 Å². The van der Waals surface area contributed by atoms with Gasteiger partial charge >= 0.3 is 5.76 Å². The van der Waals surface area contributed by atoms with Crippen molar-refractivity contribution in [3.63, 3.8) is 0 Å². The highest BCUT2D eigenvalue weighted by Gasteiger charge is 2.13. The molecule has 0 spiro atoms. The van der Waals surface area contributed by atoms with Crippen LogP contribution in [0.2, 0.25) is 0 Å². The molecular formula is C17H17NO3. The van der Waals surface area contributed by atoms with Crippen molar-refractivity contribution in [3.05, 3.63) is 69.7 Å². The smallest absolute Gasteiger partial charge is 0.408 e. The Bertz CT molecular complexity index is 845. The van der Waals surface area contributed by atoms with Crippen molar-refractivity contribution < 1.29 is 9.52 Å². The molecule has 1 heterocycles. The Morgan fingerprint density at radius 2 is 2.00 bits per heavy atom. The molecule has 0 aliphatic rings. The fraction of sp³-hybridized carbons (Fsp3) is 0.235. The van der Waals surface area contributed by atoms with E-state index in [9.17, 15) is 9.90 Å². The molecule has 1 unspecified atom stereocenters. The van der Waals surface area contributed by atoms with Crippen LogP contribution in [0.4, 0.5) is 0 Å². The summed E-state index contributed by atoms with van der Waals surface area (Å²) < 4.78 is 6.61. The molecule has 0 aliphatic heterocycles. The zero-order valence-electron chi connectivity index (χ0n) is 12.0. The normalized spacial score (nSPS) is 12.7. The Labute approximate surface area is 122 Å². The number of aromatic nitrogens is 1. The molecule has 1 aromatic heterocycles. The largest absolute Gasteiger partial charge is 0.419 e. The Morgan fingerprint density at radius 3 is 2.76 bits per heavy atom. The van der Waals surface area contributed by atoms with E-state index < -0.39 is 11.9 Å². The van der Waals surface area contributed by atoms with Gasteiger partial charge in [0.05, 0.1) is 11.6 Å². The molecule has 4 heteroatoms. The van der Waals surface area contributed by atoms with Gasteiger partial charge < -0.3 is 9.52 Å².